The molecule has 0 aromatic heterocycles. The summed E-state index contributed by atoms with van der Waals surface area (Å²) in [4.78, 5) is 21.7. The van der Waals surface area contributed by atoms with Gasteiger partial charge in [0.15, 0.2) is 6.29 Å². The van der Waals surface area contributed by atoms with Crippen LogP contribution in [0.5, 0.6) is 0 Å². The van der Waals surface area contributed by atoms with Crippen LogP contribution in [0.15, 0.2) is 0 Å². The minimum atomic E-state index is -1.02. The molecule has 1 fully saturated rings. The van der Waals surface area contributed by atoms with E-state index in [9.17, 15) is 19.8 Å². The van der Waals surface area contributed by atoms with E-state index in [2.05, 4.69) is 0 Å². The van der Waals surface area contributed by atoms with Gasteiger partial charge in [-0.25, -0.2) is 0 Å². The lowest BCUT2D eigenvalue weighted by Crippen LogP contribution is -2.47. The van der Waals surface area contributed by atoms with Crippen molar-refractivity contribution in [2.75, 3.05) is 6.61 Å². The van der Waals surface area contributed by atoms with Gasteiger partial charge < -0.3 is 24.8 Å². The molecule has 0 aromatic rings. The van der Waals surface area contributed by atoms with Crippen LogP contribution in [0.1, 0.15) is 116 Å². The number of hydrogen-bond acceptors (Lipinski definition) is 6. The molecule has 0 saturated carbocycles. The zero-order valence-electron chi connectivity index (χ0n) is 20.0. The smallest absolute Gasteiger partial charge is 0.310 e. The number of aliphatic hydroxyl groups excluding tert-OH is 2. The highest BCUT2D eigenvalue weighted by Crippen LogP contribution is 2.21. The van der Waals surface area contributed by atoms with Gasteiger partial charge in [-0.3, -0.25) is 9.59 Å². The molecular weight excluding hydrogens is 412 g/mol. The Balaban J connectivity index is 1.77. The third-order valence-electron chi connectivity index (χ3n) is 6.17. The van der Waals surface area contributed by atoms with Crippen molar-refractivity contribution in [3.63, 3.8) is 0 Å². The molecule has 1 saturated heterocycles. The second-order valence-corrected chi connectivity index (χ2v) is 9.26. The number of Topliss-reactive ketones (excluding diaryl/α,β-unsaturated/α-hetero) is 1. The second-order valence-electron chi connectivity index (χ2n) is 9.26. The third kappa shape index (κ3) is 14.9. The van der Waals surface area contributed by atoms with Crippen LogP contribution in [0.4, 0.5) is 0 Å². The first-order valence-corrected chi connectivity index (χ1v) is 12.8. The van der Waals surface area contributed by atoms with E-state index in [1.165, 1.54) is 57.8 Å². The molecule has 0 radical (unpaired) electrons. The summed E-state index contributed by atoms with van der Waals surface area (Å²) in [6.07, 6.45) is 14.6. The van der Waals surface area contributed by atoms with E-state index in [1.807, 2.05) is 0 Å². The van der Waals surface area contributed by atoms with Gasteiger partial charge in [-0.15, -0.1) is 0 Å². The van der Waals surface area contributed by atoms with Crippen molar-refractivity contribution in [3.8, 4) is 0 Å². The van der Waals surface area contributed by atoms with Crippen LogP contribution >= 0.6 is 0 Å². The zero-order valence-corrected chi connectivity index (χ0v) is 20.0. The highest BCUT2D eigenvalue weighted by Gasteiger charge is 2.34. The normalized spacial score (nSPS) is 23.3. The monoisotopic (exact) mass is 458 g/mol. The maximum Gasteiger partial charge on any atom is 0.310 e. The van der Waals surface area contributed by atoms with Crippen molar-refractivity contribution < 1.29 is 34.4 Å². The Morgan fingerprint density at radius 3 is 1.75 bits per heavy atom. The van der Waals surface area contributed by atoms with Gasteiger partial charge in [0.1, 0.15) is 18.3 Å². The zero-order chi connectivity index (χ0) is 23.6. The second kappa shape index (κ2) is 18.4. The summed E-state index contributed by atoms with van der Waals surface area (Å²) in [7, 11) is 0. The summed E-state index contributed by atoms with van der Waals surface area (Å²) < 4.78 is 11.1. The lowest BCUT2D eigenvalue weighted by Gasteiger charge is -2.35. The van der Waals surface area contributed by atoms with E-state index in [1.54, 1.807) is 6.92 Å². The Hall–Kier alpha value is -1.02. The summed E-state index contributed by atoms with van der Waals surface area (Å²) in [6.45, 7) is 2.38. The van der Waals surface area contributed by atoms with Crippen LogP contribution in [-0.2, 0) is 19.1 Å². The van der Waals surface area contributed by atoms with Gasteiger partial charge in [-0.05, 0) is 19.8 Å². The number of carboxylic acid groups (broad SMARTS) is 1. The van der Waals surface area contributed by atoms with Crippen LogP contribution < -0.4 is 0 Å². The van der Waals surface area contributed by atoms with Gasteiger partial charge in [0.25, 0.3) is 0 Å². The Kier molecular flexibility index (Phi) is 16.7. The lowest BCUT2D eigenvalue weighted by molar-refractivity contribution is -0.261. The molecule has 32 heavy (non-hydrogen) atoms. The average Bonchev–Trinajstić information content (AvgIpc) is 2.73. The fourth-order valence-electron chi connectivity index (χ4n) is 4.10. The van der Waals surface area contributed by atoms with Crippen molar-refractivity contribution >= 4 is 11.8 Å². The van der Waals surface area contributed by atoms with Gasteiger partial charge in [0, 0.05) is 19.4 Å². The van der Waals surface area contributed by atoms with Crippen LogP contribution in [0.3, 0.4) is 0 Å². The Labute approximate surface area is 193 Å². The number of carbonyl (C=O) groups is 2. The summed E-state index contributed by atoms with van der Waals surface area (Å²) in [5.74, 6) is -1.18. The molecule has 7 heteroatoms. The lowest BCUT2D eigenvalue weighted by atomic mass is 10.0. The number of hydrogen-bond donors (Lipinski definition) is 3. The topological polar surface area (TPSA) is 113 Å². The molecule has 7 nitrogen and oxygen atoms in total. The van der Waals surface area contributed by atoms with Crippen LogP contribution in [0.25, 0.3) is 0 Å². The minimum absolute atomic E-state index is 0.157. The molecule has 0 unspecified atom stereocenters. The summed E-state index contributed by atoms with van der Waals surface area (Å²) in [5, 5.41) is 28.1. The van der Waals surface area contributed by atoms with E-state index in [0.717, 1.165) is 32.1 Å². The Morgan fingerprint density at radius 2 is 1.25 bits per heavy atom. The number of aliphatic carboxylic acids is 1. The summed E-state index contributed by atoms with van der Waals surface area (Å²) >= 11 is 0. The van der Waals surface area contributed by atoms with Crippen molar-refractivity contribution in [1.29, 1.82) is 0 Å². The van der Waals surface area contributed by atoms with E-state index in [0.29, 0.717) is 19.4 Å². The van der Waals surface area contributed by atoms with Crippen molar-refractivity contribution in [3.05, 3.63) is 0 Å². The molecule has 0 aliphatic carbocycles. The molecule has 0 amide bonds. The first-order valence-electron chi connectivity index (χ1n) is 12.8. The van der Waals surface area contributed by atoms with Crippen LogP contribution in [0, 0.1) is 0 Å². The van der Waals surface area contributed by atoms with Gasteiger partial charge in [0.2, 0.25) is 0 Å². The van der Waals surface area contributed by atoms with E-state index in [4.69, 9.17) is 14.6 Å². The molecule has 0 spiro atoms. The quantitative estimate of drug-likeness (QED) is 0.178. The Morgan fingerprint density at radius 1 is 0.781 bits per heavy atom. The van der Waals surface area contributed by atoms with Crippen molar-refractivity contribution in [2.24, 2.45) is 0 Å². The number of carboxylic acids is 1. The number of aliphatic hydroxyl groups is 2. The molecule has 188 valence electrons. The highest BCUT2D eigenvalue weighted by molar-refractivity contribution is 5.94. The number of ether oxygens (including phenoxy) is 2. The van der Waals surface area contributed by atoms with E-state index < -0.39 is 24.5 Å². The first kappa shape index (κ1) is 29.0. The maximum absolute atomic E-state index is 11.3. The molecule has 1 aliphatic heterocycles. The van der Waals surface area contributed by atoms with E-state index >= 15 is 0 Å². The fraction of sp³-hybridized carbons (Fsp3) is 0.920. The molecule has 0 aromatic carbocycles. The molecule has 4 atom stereocenters. The minimum Gasteiger partial charge on any atom is -0.481 e. The average molecular weight is 459 g/mol. The first-order chi connectivity index (χ1) is 15.4. The molecule has 3 N–H and O–H groups in total. The van der Waals surface area contributed by atoms with E-state index in [-0.39, 0.29) is 18.3 Å². The standard InChI is InChI=1S/C25H46O7/c1-20-22(27)19-23(28)25(32-20)31-17-15-13-11-9-7-5-3-2-4-6-8-10-12-14-16-21(26)18-24(29)30/h20,22-23,25,27-28H,2-19H2,1H3,(H,29,30)/t20-,22+,23+,25+/m0/s1. The van der Waals surface area contributed by atoms with Gasteiger partial charge in [-0.1, -0.05) is 77.0 Å². The highest BCUT2D eigenvalue weighted by atomic mass is 16.7. The summed E-state index contributed by atoms with van der Waals surface area (Å²) in [6, 6.07) is 0. The number of rotatable bonds is 20. The van der Waals surface area contributed by atoms with Gasteiger partial charge in [0.05, 0.1) is 12.2 Å². The number of unbranched alkanes of at least 4 members (excludes halogenated alkanes) is 13. The van der Waals surface area contributed by atoms with Crippen LogP contribution in [0.2, 0.25) is 0 Å². The maximum atomic E-state index is 11.3. The van der Waals surface area contributed by atoms with Crippen LogP contribution in [-0.4, -0.2) is 58.3 Å². The molecule has 0 bridgehead atoms. The third-order valence-corrected chi connectivity index (χ3v) is 6.17. The molecule has 1 aliphatic rings. The van der Waals surface area contributed by atoms with Gasteiger partial charge >= 0.3 is 5.97 Å². The molecule has 1 heterocycles. The predicted octanol–water partition coefficient (Wildman–Crippen LogP) is 4.76. The number of ketones is 1. The fourth-order valence-corrected chi connectivity index (χ4v) is 4.10. The number of carbonyl (C=O) groups excluding carboxylic acids is 1. The predicted molar refractivity (Wildman–Crippen MR) is 123 cm³/mol. The largest absolute Gasteiger partial charge is 0.481 e. The van der Waals surface area contributed by atoms with Crippen molar-refractivity contribution in [2.45, 2.75) is 141 Å². The van der Waals surface area contributed by atoms with Gasteiger partial charge in [-0.2, -0.15) is 0 Å². The van der Waals surface area contributed by atoms with Crippen molar-refractivity contribution in [1.82, 2.24) is 0 Å². The molecular formula is C25H46O7. The molecule has 1 rings (SSSR count). The summed E-state index contributed by atoms with van der Waals surface area (Å²) in [5.41, 5.74) is 0. The Bertz CT molecular complexity index is 497. The SMILES string of the molecule is C[C@@H]1O[C@@H](OCCCCCCCCCCCCCCCCC(=O)CC(=O)O)[C@H](O)C[C@H]1O.